The normalized spacial score (nSPS) is 17.4. The molecule has 0 atom stereocenters. The Labute approximate surface area is 145 Å². The fraction of sp³-hybridized carbons (Fsp3) is 0.529. The zero-order valence-corrected chi connectivity index (χ0v) is 14.2. The largest absolute Gasteiger partial charge is 0.481 e. The number of hydrogen-bond acceptors (Lipinski definition) is 6. The van der Waals surface area contributed by atoms with Crippen LogP contribution in [-0.2, 0) is 11.3 Å². The lowest BCUT2D eigenvalue weighted by atomic mass is 10.1. The van der Waals surface area contributed by atoms with Crippen LogP contribution in [0, 0.1) is 5.92 Å². The molecule has 0 radical (unpaired) electrons. The van der Waals surface area contributed by atoms with Crippen LogP contribution >= 0.6 is 0 Å². The Morgan fingerprint density at radius 3 is 2.84 bits per heavy atom. The van der Waals surface area contributed by atoms with Gasteiger partial charge in [-0.2, -0.15) is 0 Å². The fourth-order valence-electron chi connectivity index (χ4n) is 2.77. The van der Waals surface area contributed by atoms with Crippen LogP contribution in [0.3, 0.4) is 0 Å². The molecule has 25 heavy (non-hydrogen) atoms. The summed E-state index contributed by atoms with van der Waals surface area (Å²) in [6, 6.07) is 3.59. The maximum absolute atomic E-state index is 12.4. The van der Waals surface area contributed by atoms with E-state index in [1.165, 1.54) is 12.8 Å². The highest BCUT2D eigenvalue weighted by molar-refractivity contribution is 5.94. The SMILES string of the molecule is COc1ccc(C(=O)N2CC(n3cc(COCC4CC4)nn3)C2)cn1. The second-order valence-electron chi connectivity index (χ2n) is 6.60. The monoisotopic (exact) mass is 343 g/mol. The first kappa shape index (κ1) is 16.0. The van der Waals surface area contributed by atoms with Crippen LogP contribution in [0.2, 0.25) is 0 Å². The first-order valence-electron chi connectivity index (χ1n) is 8.50. The van der Waals surface area contributed by atoms with Crippen LogP contribution in [0.4, 0.5) is 0 Å². The Morgan fingerprint density at radius 1 is 1.32 bits per heavy atom. The van der Waals surface area contributed by atoms with Gasteiger partial charge >= 0.3 is 0 Å². The standard InChI is InChI=1S/C17H21N5O3/c1-24-16-5-4-13(6-18-16)17(23)21-8-15(9-21)22-7-14(19-20-22)11-25-10-12-2-3-12/h4-7,12,15H,2-3,8-11H2,1H3. The minimum Gasteiger partial charge on any atom is -0.481 e. The Bertz CT molecular complexity index is 735. The van der Waals surface area contributed by atoms with Crippen molar-refractivity contribution in [1.29, 1.82) is 0 Å². The van der Waals surface area contributed by atoms with E-state index in [9.17, 15) is 4.79 Å². The zero-order chi connectivity index (χ0) is 17.2. The third kappa shape index (κ3) is 3.63. The number of carbonyl (C=O) groups excluding carboxylic acids is 1. The first-order chi connectivity index (χ1) is 12.2. The lowest BCUT2D eigenvalue weighted by Gasteiger charge is -2.38. The molecule has 1 saturated carbocycles. The van der Waals surface area contributed by atoms with E-state index in [0.29, 0.717) is 31.1 Å². The molecule has 2 fully saturated rings. The fourth-order valence-corrected chi connectivity index (χ4v) is 2.77. The Hall–Kier alpha value is -2.48. The number of carbonyl (C=O) groups is 1. The summed E-state index contributed by atoms with van der Waals surface area (Å²) in [5, 5.41) is 8.30. The molecule has 1 saturated heterocycles. The highest BCUT2D eigenvalue weighted by Crippen LogP contribution is 2.29. The predicted molar refractivity (Wildman–Crippen MR) is 88.1 cm³/mol. The molecule has 0 bridgehead atoms. The molecule has 132 valence electrons. The van der Waals surface area contributed by atoms with Gasteiger partial charge < -0.3 is 14.4 Å². The Balaban J connectivity index is 1.27. The molecular formula is C17H21N5O3. The number of aromatic nitrogens is 4. The van der Waals surface area contributed by atoms with Crippen LogP contribution in [0.5, 0.6) is 5.88 Å². The van der Waals surface area contributed by atoms with Crippen molar-refractivity contribution in [2.75, 3.05) is 26.8 Å². The van der Waals surface area contributed by atoms with Crippen LogP contribution in [-0.4, -0.2) is 57.6 Å². The lowest BCUT2D eigenvalue weighted by Crippen LogP contribution is -2.50. The van der Waals surface area contributed by atoms with Crippen molar-refractivity contribution in [2.24, 2.45) is 5.92 Å². The lowest BCUT2D eigenvalue weighted by molar-refractivity contribution is 0.0497. The summed E-state index contributed by atoms with van der Waals surface area (Å²) in [6.45, 7) is 2.56. The first-order valence-corrected chi connectivity index (χ1v) is 8.50. The number of ether oxygens (including phenoxy) is 2. The summed E-state index contributed by atoms with van der Waals surface area (Å²) in [6.07, 6.45) is 6.01. The molecule has 0 aromatic carbocycles. The van der Waals surface area contributed by atoms with Crippen molar-refractivity contribution in [3.63, 3.8) is 0 Å². The second kappa shape index (κ2) is 6.79. The molecule has 2 aromatic rings. The molecule has 8 heteroatoms. The van der Waals surface area contributed by atoms with Crippen molar-refractivity contribution in [2.45, 2.75) is 25.5 Å². The molecule has 1 aliphatic heterocycles. The van der Waals surface area contributed by atoms with E-state index in [1.54, 1.807) is 30.3 Å². The summed E-state index contributed by atoms with van der Waals surface area (Å²) in [7, 11) is 1.55. The van der Waals surface area contributed by atoms with E-state index in [2.05, 4.69) is 15.3 Å². The van der Waals surface area contributed by atoms with Crippen molar-refractivity contribution >= 4 is 5.91 Å². The molecule has 0 N–H and O–H groups in total. The average Bonchev–Trinajstić information content (AvgIpc) is 3.31. The van der Waals surface area contributed by atoms with Gasteiger partial charge in [0.1, 0.15) is 5.69 Å². The summed E-state index contributed by atoms with van der Waals surface area (Å²) in [5.41, 5.74) is 1.40. The van der Waals surface area contributed by atoms with E-state index < -0.39 is 0 Å². The molecule has 0 unspecified atom stereocenters. The van der Waals surface area contributed by atoms with Gasteiger partial charge in [-0.15, -0.1) is 5.10 Å². The number of likely N-dealkylation sites (tertiary alicyclic amines) is 1. The molecule has 0 spiro atoms. The molecule has 1 amide bonds. The summed E-state index contributed by atoms with van der Waals surface area (Å²) >= 11 is 0. The van der Waals surface area contributed by atoms with Gasteiger partial charge in [-0.05, 0) is 24.8 Å². The Morgan fingerprint density at radius 2 is 2.16 bits per heavy atom. The molecule has 4 rings (SSSR count). The molecule has 2 aromatic heterocycles. The minimum absolute atomic E-state index is 0.0282. The zero-order valence-electron chi connectivity index (χ0n) is 14.2. The van der Waals surface area contributed by atoms with Crippen molar-refractivity contribution in [3.05, 3.63) is 35.8 Å². The molecule has 1 aliphatic carbocycles. The third-order valence-electron chi connectivity index (χ3n) is 4.57. The van der Waals surface area contributed by atoms with Crippen molar-refractivity contribution < 1.29 is 14.3 Å². The van der Waals surface area contributed by atoms with Gasteiger partial charge in [0.25, 0.3) is 5.91 Å². The third-order valence-corrected chi connectivity index (χ3v) is 4.57. The Kier molecular flexibility index (Phi) is 4.35. The number of hydrogen-bond donors (Lipinski definition) is 0. The maximum Gasteiger partial charge on any atom is 0.255 e. The van der Waals surface area contributed by atoms with E-state index >= 15 is 0 Å². The number of rotatable bonds is 7. The predicted octanol–water partition coefficient (Wildman–Crippen LogP) is 1.31. The van der Waals surface area contributed by atoms with E-state index in [4.69, 9.17) is 9.47 Å². The minimum atomic E-state index is -0.0282. The highest BCUT2D eigenvalue weighted by Gasteiger charge is 2.33. The second-order valence-corrected chi connectivity index (χ2v) is 6.60. The quantitative estimate of drug-likeness (QED) is 0.754. The van der Waals surface area contributed by atoms with Gasteiger partial charge in [-0.3, -0.25) is 4.79 Å². The smallest absolute Gasteiger partial charge is 0.255 e. The number of pyridine rings is 1. The van der Waals surface area contributed by atoms with E-state index in [0.717, 1.165) is 18.2 Å². The van der Waals surface area contributed by atoms with Gasteiger partial charge in [0, 0.05) is 32.0 Å². The summed E-state index contributed by atoms with van der Waals surface area (Å²) in [4.78, 5) is 18.3. The molecule has 8 nitrogen and oxygen atoms in total. The van der Waals surface area contributed by atoms with Gasteiger partial charge in [0.2, 0.25) is 5.88 Å². The summed E-state index contributed by atoms with van der Waals surface area (Å²) < 4.78 is 12.5. The number of methoxy groups -OCH3 is 1. The summed E-state index contributed by atoms with van der Waals surface area (Å²) in [5.74, 6) is 1.21. The van der Waals surface area contributed by atoms with Crippen LogP contribution in [0.25, 0.3) is 0 Å². The molecule has 2 aliphatic rings. The molecule has 3 heterocycles. The number of amides is 1. The van der Waals surface area contributed by atoms with Gasteiger partial charge in [0.15, 0.2) is 0 Å². The average molecular weight is 343 g/mol. The van der Waals surface area contributed by atoms with E-state index in [-0.39, 0.29) is 11.9 Å². The van der Waals surface area contributed by atoms with Gasteiger partial charge in [-0.1, -0.05) is 5.21 Å². The van der Waals surface area contributed by atoms with Crippen LogP contribution in [0.1, 0.15) is 34.9 Å². The van der Waals surface area contributed by atoms with Gasteiger partial charge in [-0.25, -0.2) is 9.67 Å². The van der Waals surface area contributed by atoms with Gasteiger partial charge in [0.05, 0.1) is 31.5 Å². The maximum atomic E-state index is 12.4. The highest BCUT2D eigenvalue weighted by atomic mass is 16.5. The topological polar surface area (TPSA) is 82.4 Å². The molecular weight excluding hydrogens is 322 g/mol. The van der Waals surface area contributed by atoms with E-state index in [1.807, 2.05) is 10.9 Å². The van der Waals surface area contributed by atoms with Crippen LogP contribution in [0.15, 0.2) is 24.5 Å². The van der Waals surface area contributed by atoms with Crippen molar-refractivity contribution in [3.8, 4) is 5.88 Å². The van der Waals surface area contributed by atoms with Crippen molar-refractivity contribution in [1.82, 2.24) is 24.9 Å². The van der Waals surface area contributed by atoms with Crippen LogP contribution < -0.4 is 4.74 Å². The number of nitrogens with zero attached hydrogens (tertiary/aromatic N) is 5.